The van der Waals surface area contributed by atoms with Crippen LogP contribution >= 0.6 is 0 Å². The molecule has 1 fully saturated rings. The highest BCUT2D eigenvalue weighted by atomic mass is 19.4. The summed E-state index contributed by atoms with van der Waals surface area (Å²) in [6.45, 7) is 0. The number of aliphatic hydroxyl groups excluding tert-OH is 1. The topological polar surface area (TPSA) is 53.2 Å². The van der Waals surface area contributed by atoms with Crippen LogP contribution in [0.3, 0.4) is 0 Å². The molecule has 1 atom stereocenters. The van der Waals surface area contributed by atoms with Crippen molar-refractivity contribution < 1.29 is 40.6 Å². The van der Waals surface area contributed by atoms with E-state index in [2.05, 4.69) is 0 Å². The van der Waals surface area contributed by atoms with Gasteiger partial charge in [-0.2, -0.15) is 27.2 Å². The fraction of sp³-hybridized carbons (Fsp3) is 0.235. The number of allylic oxidation sites excluding steroid dienone is 1. The number of benzene rings is 1. The average Bonchev–Trinajstić information content (AvgIpc) is 2.59. The molecule has 1 N–H and O–H groups in total. The molecule has 0 heterocycles. The molecule has 0 saturated heterocycles. The van der Waals surface area contributed by atoms with Crippen LogP contribution in [0, 0.1) is 11.3 Å². The number of rotatable bonds is 3. The fourth-order valence-corrected chi connectivity index (χ4v) is 2.62. The number of aliphatic hydroxyl groups is 1. The van der Waals surface area contributed by atoms with Crippen molar-refractivity contribution in [2.24, 2.45) is 0 Å². The molecule has 1 aromatic rings. The van der Waals surface area contributed by atoms with Gasteiger partial charge in [-0.1, -0.05) is 5.73 Å². The van der Waals surface area contributed by atoms with Crippen molar-refractivity contribution in [3.63, 3.8) is 0 Å². The maximum atomic E-state index is 13.5. The molecule has 1 saturated carbocycles. The predicted molar refractivity (Wildman–Crippen MR) is 74.8 cm³/mol. The van der Waals surface area contributed by atoms with Crippen LogP contribution in [0.5, 0.6) is 5.75 Å². The first-order chi connectivity index (χ1) is 12.5. The summed E-state index contributed by atoms with van der Waals surface area (Å²) in [4.78, 5) is 0. The summed E-state index contributed by atoms with van der Waals surface area (Å²) in [5, 5.41) is 18.2. The van der Waals surface area contributed by atoms with E-state index in [9.17, 15) is 35.8 Å². The number of nitrogens with zero attached hydrogens (tertiary/aromatic N) is 1. The van der Waals surface area contributed by atoms with Crippen LogP contribution in [-0.4, -0.2) is 23.3 Å². The molecule has 0 amide bonds. The Balaban J connectivity index is 2.13. The van der Waals surface area contributed by atoms with E-state index in [1.54, 1.807) is 17.5 Å². The number of halogens is 7. The van der Waals surface area contributed by atoms with Crippen LogP contribution in [0.15, 0.2) is 52.1 Å². The van der Waals surface area contributed by atoms with Gasteiger partial charge in [-0.05, 0) is 23.9 Å². The van der Waals surface area contributed by atoms with Crippen LogP contribution < -0.4 is 4.74 Å². The van der Waals surface area contributed by atoms with E-state index in [0.717, 1.165) is 12.1 Å². The van der Waals surface area contributed by atoms with E-state index in [0.29, 0.717) is 6.07 Å². The second-order valence-corrected chi connectivity index (χ2v) is 5.57. The second-order valence-electron chi connectivity index (χ2n) is 5.57. The van der Waals surface area contributed by atoms with Gasteiger partial charge in [-0.15, -0.1) is 0 Å². The zero-order chi connectivity index (χ0) is 20.1. The minimum Gasteiger partial charge on any atom is -0.448 e. The summed E-state index contributed by atoms with van der Waals surface area (Å²) >= 11 is 0. The summed E-state index contributed by atoms with van der Waals surface area (Å²) in [6.07, 6.45) is -11.0. The summed E-state index contributed by atoms with van der Waals surface area (Å²) in [6, 6.07) is 3.96. The van der Waals surface area contributed by atoms with Gasteiger partial charge in [0.2, 0.25) is 0 Å². The first kappa shape index (κ1) is 18.8. The Bertz CT molecular complexity index is 1000. The standard InChI is InChI=1S/C17H6F7NO2/c18-15(19)8-3-7(6-25)4-9(5-8)27-11-2-1-10-12(13(11)17(22,23)24)14(26)16(10,20)21/h3-5,14-15,26H. The van der Waals surface area contributed by atoms with Crippen LogP contribution in [-0.2, 0) is 0 Å². The molecular formula is C17H6F7NO2. The first-order valence-corrected chi connectivity index (χ1v) is 7.12. The highest BCUT2D eigenvalue weighted by molar-refractivity contribution is 5.61. The zero-order valence-corrected chi connectivity index (χ0v) is 12.8. The van der Waals surface area contributed by atoms with E-state index in [1.807, 2.05) is 0 Å². The van der Waals surface area contributed by atoms with Crippen LogP contribution in [0.2, 0.25) is 0 Å². The molecule has 0 aromatic heterocycles. The fourth-order valence-electron chi connectivity index (χ4n) is 2.62. The third kappa shape index (κ3) is 3.02. The van der Waals surface area contributed by atoms with E-state index in [-0.39, 0.29) is 5.56 Å². The van der Waals surface area contributed by atoms with Crippen LogP contribution in [0.25, 0.3) is 0 Å². The lowest BCUT2D eigenvalue weighted by molar-refractivity contribution is -0.112. The third-order valence-electron chi connectivity index (χ3n) is 3.83. The van der Waals surface area contributed by atoms with Crippen molar-refractivity contribution in [3.05, 3.63) is 63.3 Å². The lowest BCUT2D eigenvalue weighted by Crippen LogP contribution is -2.51. The minimum atomic E-state index is -5.21. The summed E-state index contributed by atoms with van der Waals surface area (Å²) in [7, 11) is 0. The number of fused-ring (bicyclic) bond motifs is 1. The molecule has 1 unspecified atom stereocenters. The van der Waals surface area contributed by atoms with Crippen molar-refractivity contribution >= 4 is 0 Å². The van der Waals surface area contributed by atoms with Gasteiger partial charge in [0.05, 0.1) is 17.2 Å². The van der Waals surface area contributed by atoms with Gasteiger partial charge < -0.3 is 9.84 Å². The van der Waals surface area contributed by atoms with Gasteiger partial charge in [0.15, 0.2) is 5.76 Å². The largest absolute Gasteiger partial charge is 0.448 e. The molecular weight excluding hydrogens is 383 g/mol. The van der Waals surface area contributed by atoms with E-state index < -0.39 is 58.4 Å². The Morgan fingerprint density at radius 1 is 1.19 bits per heavy atom. The SMILES string of the molecule is N#Cc1cc(OC2=C=C=C3C(=C2C(F)(F)F)C(O)C3(F)F)cc(C(F)F)c1. The van der Waals surface area contributed by atoms with Crippen LogP contribution in [0.1, 0.15) is 17.6 Å². The molecule has 3 rings (SSSR count). The predicted octanol–water partition coefficient (Wildman–Crippen LogP) is 4.32. The van der Waals surface area contributed by atoms with Gasteiger partial charge in [0.1, 0.15) is 17.4 Å². The lowest BCUT2D eigenvalue weighted by Gasteiger charge is -2.39. The van der Waals surface area contributed by atoms with Crippen LogP contribution in [0.4, 0.5) is 30.7 Å². The second kappa shape index (κ2) is 6.03. The van der Waals surface area contributed by atoms with Crippen molar-refractivity contribution in [1.82, 2.24) is 0 Å². The highest BCUT2D eigenvalue weighted by Crippen LogP contribution is 2.53. The highest BCUT2D eigenvalue weighted by Gasteiger charge is 2.62. The molecule has 0 aliphatic heterocycles. The van der Waals surface area contributed by atoms with E-state index >= 15 is 0 Å². The van der Waals surface area contributed by atoms with Crippen molar-refractivity contribution in [2.75, 3.05) is 0 Å². The first-order valence-electron chi connectivity index (χ1n) is 7.12. The Morgan fingerprint density at radius 3 is 2.41 bits per heavy atom. The number of hydrogen-bond donors (Lipinski definition) is 1. The molecule has 0 radical (unpaired) electrons. The Hall–Kier alpha value is -2.98. The third-order valence-corrected chi connectivity index (χ3v) is 3.83. The normalized spacial score (nSPS) is 20.5. The Morgan fingerprint density at radius 2 is 1.85 bits per heavy atom. The smallest absolute Gasteiger partial charge is 0.421 e. The quantitative estimate of drug-likeness (QED) is 0.619. The maximum absolute atomic E-state index is 13.5. The van der Waals surface area contributed by atoms with Gasteiger partial charge >= 0.3 is 12.1 Å². The van der Waals surface area contributed by atoms with E-state index in [1.165, 1.54) is 0 Å². The molecule has 10 heteroatoms. The number of alkyl halides is 7. The summed E-state index contributed by atoms with van der Waals surface area (Å²) < 4.78 is 97.6. The molecule has 3 nitrogen and oxygen atoms in total. The maximum Gasteiger partial charge on any atom is 0.421 e. The minimum absolute atomic E-state index is 0.309. The molecule has 0 bridgehead atoms. The van der Waals surface area contributed by atoms with Gasteiger partial charge in [0, 0.05) is 11.1 Å². The number of hydrogen-bond acceptors (Lipinski definition) is 3. The lowest BCUT2D eigenvalue weighted by atomic mass is 9.74. The van der Waals surface area contributed by atoms with Gasteiger partial charge in [-0.3, -0.25) is 0 Å². The van der Waals surface area contributed by atoms with Crippen molar-refractivity contribution in [1.29, 1.82) is 5.26 Å². The molecule has 2 aliphatic rings. The average molecular weight is 389 g/mol. The zero-order valence-electron chi connectivity index (χ0n) is 12.8. The Labute approximate surface area is 146 Å². The molecule has 2 aliphatic carbocycles. The summed E-state index contributed by atoms with van der Waals surface area (Å²) in [5.41, 5.74) is -1.41. The van der Waals surface area contributed by atoms with Crippen molar-refractivity contribution in [2.45, 2.75) is 24.6 Å². The molecule has 1 aromatic carbocycles. The van der Waals surface area contributed by atoms with Gasteiger partial charge in [-0.25, -0.2) is 8.78 Å². The summed E-state index contributed by atoms with van der Waals surface area (Å²) in [5.74, 6) is -5.61. The van der Waals surface area contributed by atoms with Crippen molar-refractivity contribution in [3.8, 4) is 11.8 Å². The number of nitriles is 1. The Kier molecular flexibility index (Phi) is 4.20. The van der Waals surface area contributed by atoms with E-state index in [4.69, 9.17) is 10.00 Å². The molecule has 0 spiro atoms. The molecule has 140 valence electrons. The molecule has 27 heavy (non-hydrogen) atoms. The monoisotopic (exact) mass is 389 g/mol. The number of ether oxygens (including phenoxy) is 1. The van der Waals surface area contributed by atoms with Gasteiger partial charge in [0.25, 0.3) is 6.43 Å².